The summed E-state index contributed by atoms with van der Waals surface area (Å²) in [6.07, 6.45) is 0.937. The van der Waals surface area contributed by atoms with Crippen LogP contribution in [-0.2, 0) is 14.8 Å². The van der Waals surface area contributed by atoms with E-state index >= 15 is 0 Å². The van der Waals surface area contributed by atoms with E-state index in [9.17, 15) is 13.2 Å². The number of carbonyl (C=O) groups is 1. The summed E-state index contributed by atoms with van der Waals surface area (Å²) in [4.78, 5) is 14.2. The lowest BCUT2D eigenvalue weighted by Gasteiger charge is -2.22. The van der Waals surface area contributed by atoms with Gasteiger partial charge in [0.15, 0.2) is 0 Å². The number of sulfonamides is 1. The molecule has 1 amide bonds. The molecule has 0 aliphatic carbocycles. The molecule has 1 fully saturated rings. The van der Waals surface area contributed by atoms with Crippen molar-refractivity contribution in [3.05, 3.63) is 28.8 Å². The molecule has 2 N–H and O–H groups in total. The number of ether oxygens (including phenoxy) is 1. The van der Waals surface area contributed by atoms with Gasteiger partial charge in [0, 0.05) is 31.7 Å². The monoisotopic (exact) mass is 326 g/mol. The summed E-state index contributed by atoms with van der Waals surface area (Å²) in [6, 6.07) is 2.86. The second-order valence-electron chi connectivity index (χ2n) is 5.87. The van der Waals surface area contributed by atoms with E-state index in [2.05, 4.69) is 0 Å². The lowest BCUT2D eigenvalue weighted by atomic mass is 10.0. The van der Waals surface area contributed by atoms with Crippen molar-refractivity contribution < 1.29 is 17.9 Å². The number of nitrogens with two attached hydrogens (primary N) is 1. The lowest BCUT2D eigenvalue weighted by Crippen LogP contribution is -2.32. The van der Waals surface area contributed by atoms with Crippen molar-refractivity contribution in [2.24, 2.45) is 11.1 Å². The average Bonchev–Trinajstić information content (AvgIpc) is 2.92. The zero-order chi connectivity index (χ0) is 16.5. The van der Waals surface area contributed by atoms with Crippen molar-refractivity contribution in [3.63, 3.8) is 0 Å². The van der Waals surface area contributed by atoms with Crippen LogP contribution in [0.15, 0.2) is 17.0 Å². The Hall–Kier alpha value is -1.44. The molecule has 1 unspecified atom stereocenters. The maximum atomic E-state index is 12.6. The third kappa shape index (κ3) is 3.66. The van der Waals surface area contributed by atoms with Gasteiger partial charge in [0.05, 0.1) is 11.5 Å². The molecular formula is C15H22N2O4S. The predicted octanol–water partition coefficient (Wildman–Crippen LogP) is 1.06. The quantitative estimate of drug-likeness (QED) is 0.896. The Kier molecular flexibility index (Phi) is 4.89. The van der Waals surface area contributed by atoms with Crippen molar-refractivity contribution >= 4 is 15.9 Å². The molecule has 122 valence electrons. The van der Waals surface area contributed by atoms with E-state index in [0.29, 0.717) is 24.6 Å². The number of aryl methyl sites for hydroxylation is 1. The van der Waals surface area contributed by atoms with E-state index in [-0.39, 0.29) is 10.8 Å². The smallest absolute Gasteiger partial charge is 0.253 e. The SMILES string of the molecule is Cc1cc(S(N)(=O)=O)cc(C(=O)N(C)CC2CCOC2)c1C. The molecule has 1 atom stereocenters. The normalized spacial score (nSPS) is 18.5. The third-order valence-corrected chi connectivity index (χ3v) is 5.00. The van der Waals surface area contributed by atoms with Crippen LogP contribution in [0.4, 0.5) is 0 Å². The highest BCUT2D eigenvalue weighted by atomic mass is 32.2. The number of nitrogens with zero attached hydrogens (tertiary/aromatic N) is 1. The lowest BCUT2D eigenvalue weighted by molar-refractivity contribution is 0.0765. The van der Waals surface area contributed by atoms with Gasteiger partial charge < -0.3 is 9.64 Å². The third-order valence-electron chi connectivity index (χ3n) is 4.10. The number of hydrogen-bond acceptors (Lipinski definition) is 4. The Morgan fingerprint density at radius 3 is 2.64 bits per heavy atom. The van der Waals surface area contributed by atoms with Crippen LogP contribution in [0.25, 0.3) is 0 Å². The van der Waals surface area contributed by atoms with Crippen molar-refractivity contribution in [3.8, 4) is 0 Å². The largest absolute Gasteiger partial charge is 0.381 e. The Bertz CT molecular complexity index is 679. The van der Waals surface area contributed by atoms with Gasteiger partial charge in [0.1, 0.15) is 0 Å². The molecule has 0 bridgehead atoms. The first-order chi connectivity index (χ1) is 10.2. The molecule has 0 spiro atoms. The summed E-state index contributed by atoms with van der Waals surface area (Å²) >= 11 is 0. The van der Waals surface area contributed by atoms with Gasteiger partial charge in [0.2, 0.25) is 10.0 Å². The molecule has 0 radical (unpaired) electrons. The molecule has 2 rings (SSSR count). The van der Waals surface area contributed by atoms with Crippen LogP contribution in [0.3, 0.4) is 0 Å². The van der Waals surface area contributed by atoms with Crippen LogP contribution in [0.5, 0.6) is 0 Å². The van der Waals surface area contributed by atoms with Crippen LogP contribution in [0.1, 0.15) is 27.9 Å². The van der Waals surface area contributed by atoms with Crippen molar-refractivity contribution in [1.82, 2.24) is 4.90 Å². The number of carbonyl (C=O) groups excluding carboxylic acids is 1. The van der Waals surface area contributed by atoms with E-state index in [1.807, 2.05) is 6.92 Å². The van der Waals surface area contributed by atoms with Crippen LogP contribution in [-0.4, -0.2) is 46.0 Å². The van der Waals surface area contributed by atoms with Crippen LogP contribution in [0, 0.1) is 19.8 Å². The molecule has 7 heteroatoms. The fraction of sp³-hybridized carbons (Fsp3) is 0.533. The van der Waals surface area contributed by atoms with Gasteiger partial charge in [-0.15, -0.1) is 0 Å². The number of amides is 1. The van der Waals surface area contributed by atoms with Gasteiger partial charge in [0.25, 0.3) is 5.91 Å². The van der Waals surface area contributed by atoms with E-state index in [1.54, 1.807) is 18.9 Å². The Labute approximate surface area is 131 Å². The molecule has 1 aliphatic heterocycles. The molecule has 1 aliphatic rings. The molecule has 1 saturated heterocycles. The fourth-order valence-electron chi connectivity index (χ4n) is 2.62. The average molecular weight is 326 g/mol. The van der Waals surface area contributed by atoms with Gasteiger partial charge >= 0.3 is 0 Å². The second-order valence-corrected chi connectivity index (χ2v) is 7.43. The Morgan fingerprint density at radius 2 is 2.09 bits per heavy atom. The minimum absolute atomic E-state index is 0.0310. The highest BCUT2D eigenvalue weighted by Gasteiger charge is 2.23. The highest BCUT2D eigenvalue weighted by molar-refractivity contribution is 7.89. The number of benzene rings is 1. The summed E-state index contributed by atoms with van der Waals surface area (Å²) in [5.41, 5.74) is 1.88. The molecule has 1 aromatic rings. The highest BCUT2D eigenvalue weighted by Crippen LogP contribution is 2.21. The van der Waals surface area contributed by atoms with Gasteiger partial charge in [-0.1, -0.05) is 0 Å². The van der Waals surface area contributed by atoms with Crippen LogP contribution in [0.2, 0.25) is 0 Å². The van der Waals surface area contributed by atoms with E-state index in [4.69, 9.17) is 9.88 Å². The minimum atomic E-state index is -3.84. The minimum Gasteiger partial charge on any atom is -0.381 e. The van der Waals surface area contributed by atoms with Crippen LogP contribution >= 0.6 is 0 Å². The standard InChI is InChI=1S/C15H22N2O4S/c1-10-6-13(22(16,19)20)7-14(11(10)2)15(18)17(3)8-12-4-5-21-9-12/h6-7,12H,4-5,8-9H2,1-3H3,(H2,16,19,20). The molecule has 6 nitrogen and oxygen atoms in total. The number of primary sulfonamides is 1. The van der Waals surface area contributed by atoms with Gasteiger partial charge in [-0.3, -0.25) is 4.79 Å². The Balaban J connectivity index is 2.29. The predicted molar refractivity (Wildman–Crippen MR) is 83.2 cm³/mol. The Morgan fingerprint density at radius 1 is 1.41 bits per heavy atom. The summed E-state index contributed by atoms with van der Waals surface area (Å²) in [5.74, 6) is 0.134. The zero-order valence-electron chi connectivity index (χ0n) is 13.1. The number of hydrogen-bond donors (Lipinski definition) is 1. The summed E-state index contributed by atoms with van der Waals surface area (Å²) in [5, 5.41) is 5.18. The first kappa shape index (κ1) is 16.9. The summed E-state index contributed by atoms with van der Waals surface area (Å²) < 4.78 is 28.4. The molecule has 1 aromatic carbocycles. The van der Waals surface area contributed by atoms with E-state index in [0.717, 1.165) is 24.2 Å². The summed E-state index contributed by atoms with van der Waals surface area (Å²) in [7, 11) is -2.12. The fourth-order valence-corrected chi connectivity index (χ4v) is 3.24. The van der Waals surface area contributed by atoms with Crippen molar-refractivity contribution in [2.45, 2.75) is 25.2 Å². The molecule has 22 heavy (non-hydrogen) atoms. The van der Waals surface area contributed by atoms with Crippen molar-refractivity contribution in [2.75, 3.05) is 26.8 Å². The summed E-state index contributed by atoms with van der Waals surface area (Å²) in [6.45, 7) is 5.56. The molecule has 0 aromatic heterocycles. The second kappa shape index (κ2) is 6.36. The van der Waals surface area contributed by atoms with Gasteiger partial charge in [-0.25, -0.2) is 13.6 Å². The number of rotatable bonds is 4. The zero-order valence-corrected chi connectivity index (χ0v) is 13.9. The maximum Gasteiger partial charge on any atom is 0.253 e. The first-order valence-corrected chi connectivity index (χ1v) is 8.72. The van der Waals surface area contributed by atoms with Crippen molar-refractivity contribution in [1.29, 1.82) is 0 Å². The first-order valence-electron chi connectivity index (χ1n) is 7.17. The van der Waals surface area contributed by atoms with Gasteiger partial charge in [-0.2, -0.15) is 0 Å². The van der Waals surface area contributed by atoms with E-state index < -0.39 is 10.0 Å². The molecular weight excluding hydrogens is 304 g/mol. The van der Waals surface area contributed by atoms with E-state index in [1.165, 1.54) is 12.1 Å². The van der Waals surface area contributed by atoms with Crippen LogP contribution < -0.4 is 5.14 Å². The topological polar surface area (TPSA) is 89.7 Å². The maximum absolute atomic E-state index is 12.6. The molecule has 1 heterocycles. The van der Waals surface area contributed by atoms with Gasteiger partial charge in [-0.05, 0) is 43.5 Å². The molecule has 0 saturated carbocycles.